The fourth-order valence-corrected chi connectivity index (χ4v) is 4.62. The third-order valence-electron chi connectivity index (χ3n) is 5.36. The van der Waals surface area contributed by atoms with Gasteiger partial charge in [0, 0.05) is 18.4 Å². The zero-order chi connectivity index (χ0) is 18.2. The van der Waals surface area contributed by atoms with Crippen LogP contribution in [0, 0.1) is 0 Å². The maximum absolute atomic E-state index is 6.55. The van der Waals surface area contributed by atoms with Gasteiger partial charge in [-0.25, -0.2) is 9.97 Å². The lowest BCUT2D eigenvalue weighted by Crippen LogP contribution is -2.45. The molecule has 6 nitrogen and oxygen atoms in total. The molecule has 0 aromatic carbocycles. The highest BCUT2D eigenvalue weighted by Gasteiger charge is 2.40. The van der Waals surface area contributed by atoms with Gasteiger partial charge < -0.3 is 9.16 Å². The van der Waals surface area contributed by atoms with Gasteiger partial charge in [0.15, 0.2) is 14.0 Å². The van der Waals surface area contributed by atoms with Crippen molar-refractivity contribution >= 4 is 29.9 Å². The van der Waals surface area contributed by atoms with E-state index in [2.05, 4.69) is 64.9 Å². The average Bonchev–Trinajstić information content (AvgIpc) is 2.89. The van der Waals surface area contributed by atoms with Crippen LogP contribution in [0.5, 0.6) is 6.01 Å². The van der Waals surface area contributed by atoms with Gasteiger partial charge in [0.2, 0.25) is 4.73 Å². The Morgan fingerprint density at radius 1 is 1.16 bits per heavy atom. The molecule has 1 fully saturated rings. The number of ether oxygens (including phenoxy) is 1. The van der Waals surface area contributed by atoms with Crippen LogP contribution in [0.3, 0.4) is 0 Å². The summed E-state index contributed by atoms with van der Waals surface area (Å²) in [4.78, 5) is 8.59. The second kappa shape index (κ2) is 6.96. The first-order chi connectivity index (χ1) is 11.7. The molecule has 1 aliphatic carbocycles. The molecule has 138 valence electrons. The van der Waals surface area contributed by atoms with Crippen LogP contribution in [0.1, 0.15) is 46.5 Å². The van der Waals surface area contributed by atoms with Crippen LogP contribution < -0.4 is 4.74 Å². The average molecular weight is 427 g/mol. The third-order valence-corrected chi connectivity index (χ3v) is 10.2. The lowest BCUT2D eigenvalue weighted by molar-refractivity contribution is 0.0661. The second-order valence-corrected chi connectivity index (χ2v) is 13.7. The van der Waals surface area contributed by atoms with Gasteiger partial charge >= 0.3 is 6.01 Å². The largest absolute Gasteiger partial charge is 0.460 e. The summed E-state index contributed by atoms with van der Waals surface area (Å²) in [5.41, 5.74) is 0.729. The van der Waals surface area contributed by atoms with Crippen molar-refractivity contribution in [3.05, 3.63) is 17.0 Å². The highest BCUT2D eigenvalue weighted by molar-refractivity contribution is 9.10. The number of halogens is 1. The Hall–Kier alpha value is -0.993. The number of hydrogen-bond acceptors (Lipinski definition) is 5. The number of fused-ring (bicyclic) bond motifs is 1. The van der Waals surface area contributed by atoms with Crippen molar-refractivity contribution in [3.63, 3.8) is 0 Å². The molecule has 0 amide bonds. The maximum Gasteiger partial charge on any atom is 0.319 e. The lowest BCUT2D eigenvalue weighted by atomic mass is 9.95. The van der Waals surface area contributed by atoms with Crippen molar-refractivity contribution < 1.29 is 9.16 Å². The Balaban J connectivity index is 1.59. The first kappa shape index (κ1) is 18.8. The summed E-state index contributed by atoms with van der Waals surface area (Å²) in [5.74, 6) is 0. The van der Waals surface area contributed by atoms with Crippen molar-refractivity contribution in [3.8, 4) is 6.01 Å². The first-order valence-electron chi connectivity index (χ1n) is 8.87. The Morgan fingerprint density at radius 3 is 2.44 bits per heavy atom. The molecular weight excluding hydrogens is 400 g/mol. The van der Waals surface area contributed by atoms with E-state index in [9.17, 15) is 0 Å². The van der Waals surface area contributed by atoms with Crippen molar-refractivity contribution in [2.75, 3.05) is 0 Å². The summed E-state index contributed by atoms with van der Waals surface area (Å²) in [7, 11) is -1.70. The molecule has 1 aliphatic rings. The van der Waals surface area contributed by atoms with Gasteiger partial charge in [0.25, 0.3) is 0 Å². The van der Waals surface area contributed by atoms with Crippen molar-refractivity contribution in [1.82, 2.24) is 19.6 Å². The van der Waals surface area contributed by atoms with E-state index in [0.717, 1.165) is 31.3 Å². The predicted octanol–water partition coefficient (Wildman–Crippen LogP) is 4.60. The SMILES string of the molecule is CC(C)(C)[Si](C)(C)OC1CCC(Oc2nccc3nc(Br)nn23)CC1. The van der Waals surface area contributed by atoms with E-state index >= 15 is 0 Å². The number of hydrogen-bond donors (Lipinski definition) is 0. The lowest BCUT2D eigenvalue weighted by Gasteiger charge is -2.41. The highest BCUT2D eigenvalue weighted by atomic mass is 79.9. The zero-order valence-corrected chi connectivity index (χ0v) is 18.2. The molecule has 2 aromatic rings. The van der Waals surface area contributed by atoms with Crippen LogP contribution in [0.4, 0.5) is 0 Å². The molecule has 0 saturated heterocycles. The van der Waals surface area contributed by atoms with E-state index in [-0.39, 0.29) is 11.1 Å². The van der Waals surface area contributed by atoms with Crippen LogP contribution in [0.2, 0.25) is 18.1 Å². The summed E-state index contributed by atoms with van der Waals surface area (Å²) >= 11 is 3.30. The molecule has 0 spiro atoms. The van der Waals surface area contributed by atoms with Crippen molar-refractivity contribution in [2.24, 2.45) is 0 Å². The van der Waals surface area contributed by atoms with Crippen LogP contribution in [-0.2, 0) is 4.43 Å². The summed E-state index contributed by atoms with van der Waals surface area (Å²) in [6.07, 6.45) is 6.24. The summed E-state index contributed by atoms with van der Waals surface area (Å²) in [5, 5.41) is 4.54. The van der Waals surface area contributed by atoms with Crippen LogP contribution in [0.15, 0.2) is 17.0 Å². The van der Waals surface area contributed by atoms with E-state index < -0.39 is 8.32 Å². The smallest absolute Gasteiger partial charge is 0.319 e. The predicted molar refractivity (Wildman–Crippen MR) is 103 cm³/mol. The molecule has 2 aromatic heterocycles. The Kier molecular flexibility index (Phi) is 5.23. The third kappa shape index (κ3) is 4.23. The first-order valence-corrected chi connectivity index (χ1v) is 12.6. The van der Waals surface area contributed by atoms with Crippen molar-refractivity contribution in [1.29, 1.82) is 0 Å². The molecule has 0 radical (unpaired) electrons. The highest BCUT2D eigenvalue weighted by Crippen LogP contribution is 2.39. The molecule has 8 heteroatoms. The monoisotopic (exact) mass is 426 g/mol. The second-order valence-electron chi connectivity index (χ2n) is 8.27. The Bertz CT molecular complexity index is 736. The summed E-state index contributed by atoms with van der Waals surface area (Å²) < 4.78 is 14.8. The summed E-state index contributed by atoms with van der Waals surface area (Å²) in [6.45, 7) is 11.5. The van der Waals surface area contributed by atoms with Gasteiger partial charge in [0.05, 0.1) is 0 Å². The molecule has 0 bridgehead atoms. The van der Waals surface area contributed by atoms with E-state index in [1.165, 1.54) is 0 Å². The molecule has 0 N–H and O–H groups in total. The Labute approximate surface area is 158 Å². The van der Waals surface area contributed by atoms with Gasteiger partial charge in [-0.2, -0.15) is 4.52 Å². The molecule has 0 atom stereocenters. The quantitative estimate of drug-likeness (QED) is 0.668. The maximum atomic E-state index is 6.55. The Morgan fingerprint density at radius 2 is 1.80 bits per heavy atom. The van der Waals surface area contributed by atoms with Gasteiger partial charge in [-0.3, -0.25) is 0 Å². The minimum Gasteiger partial charge on any atom is -0.460 e. The van der Waals surface area contributed by atoms with E-state index in [1.807, 2.05) is 6.07 Å². The molecule has 3 rings (SSSR count). The number of nitrogens with zero attached hydrogens (tertiary/aromatic N) is 4. The zero-order valence-electron chi connectivity index (χ0n) is 15.6. The molecule has 25 heavy (non-hydrogen) atoms. The van der Waals surface area contributed by atoms with Gasteiger partial charge in [0.1, 0.15) is 6.10 Å². The number of rotatable bonds is 4. The van der Waals surface area contributed by atoms with E-state index in [4.69, 9.17) is 9.16 Å². The van der Waals surface area contributed by atoms with Gasteiger partial charge in [-0.15, -0.1) is 5.10 Å². The molecule has 0 aliphatic heterocycles. The molecular formula is C17H27BrN4O2Si. The van der Waals surface area contributed by atoms with E-state index in [0.29, 0.717) is 16.8 Å². The molecule has 2 heterocycles. The topological polar surface area (TPSA) is 61.5 Å². The van der Waals surface area contributed by atoms with Gasteiger partial charge in [-0.05, 0) is 59.7 Å². The summed E-state index contributed by atoms with van der Waals surface area (Å²) in [6, 6.07) is 2.32. The molecule has 1 saturated carbocycles. The fourth-order valence-electron chi connectivity index (χ4n) is 2.86. The van der Waals surface area contributed by atoms with Gasteiger partial charge in [-0.1, -0.05) is 20.8 Å². The van der Waals surface area contributed by atoms with Crippen LogP contribution in [-0.4, -0.2) is 40.1 Å². The van der Waals surface area contributed by atoms with Crippen molar-refractivity contribution in [2.45, 2.75) is 76.8 Å². The van der Waals surface area contributed by atoms with Crippen LogP contribution in [0.25, 0.3) is 5.65 Å². The number of aromatic nitrogens is 4. The minimum absolute atomic E-state index is 0.153. The van der Waals surface area contributed by atoms with E-state index in [1.54, 1.807) is 10.7 Å². The molecule has 0 unspecified atom stereocenters. The fraction of sp³-hybridized carbons (Fsp3) is 0.706. The standard InChI is InChI=1S/C17H27BrN4O2Si/c1-17(2,3)25(4,5)24-13-8-6-12(7-9-13)23-16-19-11-10-14-20-15(18)21-22(14)16/h10-13H,6-9H2,1-5H3. The van der Waals surface area contributed by atoms with Crippen LogP contribution >= 0.6 is 15.9 Å². The minimum atomic E-state index is -1.70. The normalized spacial score (nSPS) is 22.3.